The minimum Gasteiger partial charge on any atom is -0.471 e. The van der Waals surface area contributed by atoms with Gasteiger partial charge in [0.25, 0.3) is 0 Å². The first-order valence-corrected chi connectivity index (χ1v) is 30.6. The van der Waals surface area contributed by atoms with Crippen LogP contribution in [0.3, 0.4) is 0 Å². The van der Waals surface area contributed by atoms with E-state index in [9.17, 15) is 95.2 Å². The van der Waals surface area contributed by atoms with E-state index in [4.69, 9.17) is 71.1 Å². The maximum Gasteiger partial charge on any atom is 0.337 e. The molecule has 1 aliphatic carbocycles. The minimum atomic E-state index is -1.88. The van der Waals surface area contributed by atoms with Crippen LogP contribution in [-0.2, 0) is 99.8 Å². The van der Waals surface area contributed by atoms with Crippen molar-refractivity contribution >= 4 is 35.8 Å². The molecule has 6 heterocycles. The van der Waals surface area contributed by atoms with Crippen molar-refractivity contribution in [2.45, 2.75) is 164 Å². The molecule has 0 amide bonds. The molecule has 0 bridgehead atoms. The summed E-state index contributed by atoms with van der Waals surface area (Å²) in [6.45, 7) is 4.36. The lowest BCUT2D eigenvalue weighted by Gasteiger charge is -2.42. The molecule has 3 saturated heterocycles. The van der Waals surface area contributed by atoms with Gasteiger partial charge in [-0.1, -0.05) is 25.2 Å². The molecule has 34 nitrogen and oxygen atoms in total. The molecule has 7 aliphatic rings. The number of hydrogen-bond acceptors (Lipinski definition) is 34. The lowest BCUT2D eigenvalue weighted by atomic mass is 9.81. The Hall–Kier alpha value is -6.10. The highest BCUT2D eigenvalue weighted by atomic mass is 16.8. The van der Waals surface area contributed by atoms with E-state index in [1.807, 2.05) is 0 Å². The highest BCUT2D eigenvalue weighted by molar-refractivity contribution is 5.92. The Bertz CT molecular complexity index is 2810. The second-order valence-corrected chi connectivity index (χ2v) is 23.6. The normalized spacial score (nSPS) is 39.1. The standard InChI is InChI=1S/C61H86O34/c1-8-26-30(34(53(78)81-5)21-86-56(26)93-59-50(75)47(72)44(69)38(16-63)90-59)12-41(66)84-19-25(15-62)29-11-37(89-43(68)14-32-28(10-3)58(88-23-36(32)55(80)83-7)95-61-52(77)49(74)46(71)40(18-65)92-61)24(4)33(29)20-85-42(67)13-31-27(9-2)57(87-22-35(31)54(79)82-6)94-60-51(76)48(73)45(70)39(17-64)91-60/h8-10,21-25,27,29-33,37-40,44-52,56-65,69-77H,2,11-20H2,1,3-7H3. The van der Waals surface area contributed by atoms with Crippen LogP contribution in [-0.4, -0.2) is 280 Å². The number of aliphatic hydroxyl groups is 13. The molecule has 1 saturated carbocycles. The lowest BCUT2D eigenvalue weighted by Crippen LogP contribution is -2.60. The summed E-state index contributed by atoms with van der Waals surface area (Å²) >= 11 is 0. The molecule has 13 N–H and O–H groups in total. The van der Waals surface area contributed by atoms with Crippen LogP contribution in [0.1, 0.15) is 46.5 Å². The molecule has 27 atom stereocenters. The van der Waals surface area contributed by atoms with E-state index in [0.717, 1.165) is 40.1 Å². The third-order valence-electron chi connectivity index (χ3n) is 18.2. The average molecular weight is 1360 g/mol. The van der Waals surface area contributed by atoms with Crippen LogP contribution in [0.25, 0.3) is 0 Å². The van der Waals surface area contributed by atoms with Gasteiger partial charge in [0.05, 0.1) is 109 Å². The number of allylic oxidation sites excluding steroid dienone is 2. The molecule has 534 valence electrons. The van der Waals surface area contributed by atoms with Crippen LogP contribution in [0.2, 0.25) is 0 Å². The Morgan fingerprint density at radius 3 is 1.39 bits per heavy atom. The number of ether oxygens (including phenoxy) is 15. The first kappa shape index (κ1) is 76.3. The fourth-order valence-electron chi connectivity index (χ4n) is 12.7. The number of rotatable bonds is 26. The van der Waals surface area contributed by atoms with Gasteiger partial charge in [-0.25, -0.2) is 14.4 Å². The Morgan fingerprint density at radius 2 is 0.968 bits per heavy atom. The molecule has 0 aromatic heterocycles. The van der Waals surface area contributed by atoms with E-state index >= 15 is 0 Å². The Morgan fingerprint density at radius 1 is 0.547 bits per heavy atom. The molecular weight excluding hydrogens is 1280 g/mol. The summed E-state index contributed by atoms with van der Waals surface area (Å²) < 4.78 is 84.2. The van der Waals surface area contributed by atoms with Gasteiger partial charge in [0.2, 0.25) is 18.9 Å². The second kappa shape index (κ2) is 34.4. The molecule has 0 aromatic carbocycles. The number of methoxy groups -OCH3 is 3. The van der Waals surface area contributed by atoms with E-state index in [1.54, 1.807) is 6.92 Å². The molecule has 27 unspecified atom stereocenters. The van der Waals surface area contributed by atoms with E-state index in [0.29, 0.717) is 0 Å². The van der Waals surface area contributed by atoms with E-state index < -0.39 is 259 Å². The molecule has 6 aliphatic heterocycles. The quantitative estimate of drug-likeness (QED) is 0.0220. The Labute approximate surface area is 543 Å². The monoisotopic (exact) mass is 1360 g/mol. The van der Waals surface area contributed by atoms with Crippen molar-refractivity contribution in [3.63, 3.8) is 0 Å². The van der Waals surface area contributed by atoms with E-state index in [-0.39, 0.29) is 34.3 Å². The number of hydrogen-bond donors (Lipinski definition) is 13. The van der Waals surface area contributed by atoms with Crippen molar-refractivity contribution in [1.82, 2.24) is 0 Å². The summed E-state index contributed by atoms with van der Waals surface area (Å²) in [5, 5.41) is 135. The summed E-state index contributed by atoms with van der Waals surface area (Å²) in [5.41, 5.74) is -0.388. The topological polar surface area (TPSA) is 504 Å². The van der Waals surface area contributed by atoms with Gasteiger partial charge in [-0.3, -0.25) is 14.4 Å². The summed E-state index contributed by atoms with van der Waals surface area (Å²) in [6, 6.07) is 0. The van der Waals surface area contributed by atoms with Crippen molar-refractivity contribution in [2.24, 2.45) is 47.3 Å². The number of aliphatic hydroxyl groups excluding tert-OH is 13. The molecule has 0 spiro atoms. The number of carbonyl (C=O) groups excluding carboxylic acids is 6. The molecule has 34 heteroatoms. The van der Waals surface area contributed by atoms with Crippen LogP contribution in [0.15, 0.2) is 71.5 Å². The van der Waals surface area contributed by atoms with E-state index in [1.165, 1.54) is 32.1 Å². The van der Waals surface area contributed by atoms with Gasteiger partial charge in [-0.2, -0.15) is 0 Å². The van der Waals surface area contributed by atoms with Gasteiger partial charge in [-0.05, 0) is 32.1 Å². The van der Waals surface area contributed by atoms with Crippen molar-refractivity contribution < 1.29 is 166 Å². The third kappa shape index (κ3) is 17.1. The highest BCUT2D eigenvalue weighted by Gasteiger charge is 2.53. The van der Waals surface area contributed by atoms with Gasteiger partial charge < -0.3 is 137 Å². The maximum absolute atomic E-state index is 14.4. The van der Waals surface area contributed by atoms with Gasteiger partial charge in [0, 0.05) is 53.3 Å². The van der Waals surface area contributed by atoms with Crippen molar-refractivity contribution in [2.75, 3.05) is 61.0 Å². The Balaban J connectivity index is 1.13. The van der Waals surface area contributed by atoms with Crippen LogP contribution >= 0.6 is 0 Å². The zero-order valence-electron chi connectivity index (χ0n) is 52.7. The Kier molecular flexibility index (Phi) is 27.6. The zero-order chi connectivity index (χ0) is 69.9. The van der Waals surface area contributed by atoms with E-state index in [2.05, 4.69) is 6.58 Å². The van der Waals surface area contributed by atoms with Crippen molar-refractivity contribution in [3.8, 4) is 0 Å². The molecule has 7 rings (SSSR count). The lowest BCUT2D eigenvalue weighted by molar-refractivity contribution is -0.339. The van der Waals surface area contributed by atoms with Crippen LogP contribution in [0, 0.1) is 47.3 Å². The van der Waals surface area contributed by atoms with Crippen LogP contribution in [0.4, 0.5) is 0 Å². The number of esters is 6. The predicted molar refractivity (Wildman–Crippen MR) is 308 cm³/mol. The fourth-order valence-corrected chi connectivity index (χ4v) is 12.7. The van der Waals surface area contributed by atoms with Crippen LogP contribution in [0.5, 0.6) is 0 Å². The fraction of sp³-hybridized carbons (Fsp3) is 0.705. The molecule has 0 radical (unpaired) electrons. The summed E-state index contributed by atoms with van der Waals surface area (Å²) in [6.07, 6.45) is -26.3. The first-order chi connectivity index (χ1) is 45.3. The van der Waals surface area contributed by atoms with Gasteiger partial charge in [-0.15, -0.1) is 6.58 Å². The number of carbonyl (C=O) groups is 6. The minimum absolute atomic E-state index is 0.0937. The molecular formula is C61H86O34. The molecule has 4 fully saturated rings. The van der Waals surface area contributed by atoms with Gasteiger partial charge in [0.1, 0.15) is 79.4 Å². The van der Waals surface area contributed by atoms with Crippen molar-refractivity contribution in [1.29, 1.82) is 0 Å². The summed E-state index contributed by atoms with van der Waals surface area (Å²) in [4.78, 5) is 82.5. The van der Waals surface area contributed by atoms with Gasteiger partial charge >= 0.3 is 35.8 Å². The largest absolute Gasteiger partial charge is 0.471 e. The average Bonchev–Trinajstić information content (AvgIpc) is 1.10. The predicted octanol–water partition coefficient (Wildman–Crippen LogP) is -4.73. The summed E-state index contributed by atoms with van der Waals surface area (Å²) in [7, 11) is 3.21. The first-order valence-electron chi connectivity index (χ1n) is 30.6. The third-order valence-corrected chi connectivity index (χ3v) is 18.2. The maximum atomic E-state index is 14.4. The second-order valence-electron chi connectivity index (χ2n) is 23.6. The SMILES string of the molecule is C=CC1C(OC2OC(CO)C(O)C(O)C2O)OC=C(C(=O)OC)C1CC(=O)OCC1C(C)C(OC(=O)CC2C(C(=O)OC)=COC(OC3OC(CO)C(O)C(O)C3O)C2=CC)CC1C(CO)COC(=O)CC1C(C(=O)OC)=COC(OC2OC(CO)C(O)C(O)C2O)C1=CC. The van der Waals surface area contributed by atoms with Gasteiger partial charge in [0.15, 0.2) is 18.9 Å². The zero-order valence-corrected chi connectivity index (χ0v) is 52.7. The molecule has 95 heavy (non-hydrogen) atoms. The molecule has 0 aromatic rings. The highest BCUT2D eigenvalue weighted by Crippen LogP contribution is 2.46. The van der Waals surface area contributed by atoms with Crippen molar-refractivity contribution in [3.05, 3.63) is 71.5 Å². The summed E-state index contributed by atoms with van der Waals surface area (Å²) in [5.74, 6) is -14.0. The smallest absolute Gasteiger partial charge is 0.337 e. The van der Waals surface area contributed by atoms with Crippen LogP contribution < -0.4 is 0 Å².